The molecule has 0 aliphatic carbocycles. The summed E-state index contributed by atoms with van der Waals surface area (Å²) in [7, 11) is 0. The number of halogens is 5. The first-order chi connectivity index (χ1) is 9.74. The van der Waals surface area contributed by atoms with Gasteiger partial charge in [0.05, 0.1) is 5.57 Å². The minimum Gasteiger partial charge on any atom is -0.475 e. The lowest BCUT2D eigenvalue weighted by Gasteiger charge is -2.28. The number of carbonyl (C=O) groups is 1. The molecule has 0 saturated carbocycles. The molecule has 114 valence electrons. The van der Waals surface area contributed by atoms with E-state index in [0.717, 1.165) is 6.08 Å². The van der Waals surface area contributed by atoms with Gasteiger partial charge in [0.15, 0.2) is 0 Å². The highest BCUT2D eigenvalue weighted by Gasteiger charge is 2.49. The van der Waals surface area contributed by atoms with E-state index in [4.69, 9.17) is 16.3 Å². The lowest BCUT2D eigenvalue weighted by Crippen LogP contribution is -2.41. The van der Waals surface area contributed by atoms with Crippen LogP contribution in [0.1, 0.15) is 11.1 Å². The molecule has 0 bridgehead atoms. The van der Waals surface area contributed by atoms with Crippen LogP contribution in [0.4, 0.5) is 13.2 Å². The molecule has 1 aromatic carbocycles. The van der Waals surface area contributed by atoms with Gasteiger partial charge in [-0.15, -0.1) is 0 Å². The Hall–Kier alpha value is -0.960. The van der Waals surface area contributed by atoms with Crippen LogP contribution in [-0.2, 0) is 9.53 Å². The van der Waals surface area contributed by atoms with Crippen molar-refractivity contribution in [1.82, 2.24) is 0 Å². The zero-order chi connectivity index (χ0) is 15.8. The van der Waals surface area contributed by atoms with Crippen molar-refractivity contribution < 1.29 is 27.4 Å². The van der Waals surface area contributed by atoms with E-state index in [-0.39, 0.29) is 10.4 Å². The molecule has 1 aliphatic rings. The SMILES string of the molecule is Cc1cc(Cl)cc2c1O[C@H](C(F)(F)F)C(C(=O)OCI)=C2. The van der Waals surface area contributed by atoms with E-state index in [1.165, 1.54) is 12.1 Å². The molecular weight excluding hydrogens is 423 g/mol. The summed E-state index contributed by atoms with van der Waals surface area (Å²) >= 11 is 7.60. The van der Waals surface area contributed by atoms with E-state index in [1.807, 2.05) is 0 Å². The minimum absolute atomic E-state index is 0.0556. The molecule has 1 atom stereocenters. The Balaban J connectivity index is 2.55. The number of hydrogen-bond acceptors (Lipinski definition) is 3. The van der Waals surface area contributed by atoms with Gasteiger partial charge in [0, 0.05) is 10.6 Å². The summed E-state index contributed by atoms with van der Waals surface area (Å²) in [6.45, 7) is 1.58. The summed E-state index contributed by atoms with van der Waals surface area (Å²) in [5.74, 6) is -0.997. The van der Waals surface area contributed by atoms with E-state index in [9.17, 15) is 18.0 Å². The molecule has 0 aromatic heterocycles. The van der Waals surface area contributed by atoms with Crippen molar-refractivity contribution in [2.24, 2.45) is 0 Å². The molecule has 2 rings (SSSR count). The van der Waals surface area contributed by atoms with Crippen molar-refractivity contribution in [2.75, 3.05) is 4.61 Å². The fourth-order valence-electron chi connectivity index (χ4n) is 1.99. The third-order valence-corrected chi connectivity index (χ3v) is 3.35. The Bertz CT molecular complexity index is 613. The average Bonchev–Trinajstić information content (AvgIpc) is 2.36. The molecule has 21 heavy (non-hydrogen) atoms. The van der Waals surface area contributed by atoms with Gasteiger partial charge in [-0.05, 0) is 53.3 Å². The van der Waals surface area contributed by atoms with Crippen LogP contribution >= 0.6 is 34.2 Å². The summed E-state index contributed by atoms with van der Waals surface area (Å²) in [5.41, 5.74) is 0.193. The van der Waals surface area contributed by atoms with Crippen molar-refractivity contribution in [3.8, 4) is 5.75 Å². The number of rotatable bonds is 2. The highest BCUT2D eigenvalue weighted by molar-refractivity contribution is 14.1. The number of ether oxygens (including phenoxy) is 2. The van der Waals surface area contributed by atoms with Gasteiger partial charge in [-0.1, -0.05) is 11.6 Å². The summed E-state index contributed by atoms with van der Waals surface area (Å²) in [6.07, 6.45) is -5.95. The molecule has 0 saturated heterocycles. The monoisotopic (exact) mass is 432 g/mol. The average molecular weight is 433 g/mol. The van der Waals surface area contributed by atoms with Crippen LogP contribution in [0.2, 0.25) is 5.02 Å². The second kappa shape index (κ2) is 6.04. The topological polar surface area (TPSA) is 35.5 Å². The Morgan fingerprint density at radius 2 is 2.14 bits per heavy atom. The van der Waals surface area contributed by atoms with Crippen LogP contribution in [0.3, 0.4) is 0 Å². The molecule has 3 nitrogen and oxygen atoms in total. The summed E-state index contributed by atoms with van der Waals surface area (Å²) < 4.78 is 48.9. The van der Waals surface area contributed by atoms with Gasteiger partial charge in [0.25, 0.3) is 0 Å². The largest absolute Gasteiger partial charge is 0.475 e. The van der Waals surface area contributed by atoms with Crippen LogP contribution in [0.25, 0.3) is 6.08 Å². The summed E-state index contributed by atoms with van der Waals surface area (Å²) in [5, 5.41) is 0.346. The smallest absolute Gasteiger partial charge is 0.430 e. The van der Waals surface area contributed by atoms with E-state index in [1.54, 1.807) is 29.5 Å². The second-order valence-electron chi connectivity index (χ2n) is 4.32. The number of esters is 1. The van der Waals surface area contributed by atoms with Crippen LogP contribution in [-0.4, -0.2) is 22.9 Å². The molecule has 0 fully saturated rings. The van der Waals surface area contributed by atoms with Gasteiger partial charge in [-0.25, -0.2) is 4.79 Å². The standard InChI is InChI=1S/C13H9ClF3IO3/c1-6-2-8(14)3-7-4-9(12(19)20-5-18)11(13(15,16)17)21-10(6)7/h2-4,11H,5H2,1H3/t11-/m0/s1. The number of alkyl halides is 4. The summed E-state index contributed by atoms with van der Waals surface area (Å²) in [4.78, 5) is 11.7. The maximum Gasteiger partial charge on any atom is 0.430 e. The zero-order valence-corrected chi connectivity index (χ0v) is 13.5. The van der Waals surface area contributed by atoms with Gasteiger partial charge in [-0.3, -0.25) is 0 Å². The number of fused-ring (bicyclic) bond motifs is 1. The van der Waals surface area contributed by atoms with E-state index >= 15 is 0 Å². The van der Waals surface area contributed by atoms with Crippen molar-refractivity contribution in [3.63, 3.8) is 0 Å². The van der Waals surface area contributed by atoms with Crippen molar-refractivity contribution in [2.45, 2.75) is 19.2 Å². The Morgan fingerprint density at radius 3 is 2.71 bits per heavy atom. The van der Waals surface area contributed by atoms with Crippen molar-refractivity contribution >= 4 is 46.2 Å². The van der Waals surface area contributed by atoms with Gasteiger partial charge in [-0.2, -0.15) is 13.2 Å². The van der Waals surface area contributed by atoms with Crippen molar-refractivity contribution in [1.29, 1.82) is 0 Å². The fraction of sp³-hybridized carbons (Fsp3) is 0.308. The van der Waals surface area contributed by atoms with Crippen LogP contribution < -0.4 is 4.74 Å². The maximum atomic E-state index is 13.1. The van der Waals surface area contributed by atoms with Gasteiger partial charge in [0.2, 0.25) is 6.10 Å². The lowest BCUT2D eigenvalue weighted by atomic mass is 9.99. The van der Waals surface area contributed by atoms with E-state index < -0.39 is 23.8 Å². The zero-order valence-electron chi connectivity index (χ0n) is 10.6. The molecule has 0 radical (unpaired) electrons. The molecule has 0 N–H and O–H groups in total. The van der Waals surface area contributed by atoms with Gasteiger partial charge >= 0.3 is 12.1 Å². The molecule has 1 heterocycles. The fourth-order valence-corrected chi connectivity index (χ4v) is 2.55. The Labute approximate surface area is 137 Å². The predicted molar refractivity (Wildman–Crippen MR) is 79.6 cm³/mol. The number of benzene rings is 1. The minimum atomic E-state index is -4.72. The molecule has 8 heteroatoms. The first-order valence-corrected chi connectivity index (χ1v) is 7.62. The van der Waals surface area contributed by atoms with E-state index in [0.29, 0.717) is 16.1 Å². The maximum absolute atomic E-state index is 13.1. The highest BCUT2D eigenvalue weighted by Crippen LogP contribution is 2.40. The molecule has 0 unspecified atom stereocenters. The van der Waals surface area contributed by atoms with Gasteiger partial charge in [0.1, 0.15) is 10.4 Å². The van der Waals surface area contributed by atoms with Crippen molar-refractivity contribution in [3.05, 3.63) is 33.9 Å². The van der Waals surface area contributed by atoms with E-state index in [2.05, 4.69) is 4.74 Å². The first-order valence-electron chi connectivity index (χ1n) is 5.72. The number of hydrogen-bond donors (Lipinski definition) is 0. The molecule has 0 amide bonds. The predicted octanol–water partition coefficient (Wildman–Crippen LogP) is 4.29. The molecular formula is C13H9ClF3IO3. The van der Waals surface area contributed by atoms with Gasteiger partial charge < -0.3 is 9.47 Å². The molecule has 1 aromatic rings. The Kier molecular flexibility index (Phi) is 4.72. The molecule has 1 aliphatic heterocycles. The van der Waals surface area contributed by atoms with Crippen LogP contribution in [0, 0.1) is 6.92 Å². The van der Waals surface area contributed by atoms with Crippen LogP contribution in [0.5, 0.6) is 5.75 Å². The third kappa shape index (κ3) is 3.45. The Morgan fingerprint density at radius 1 is 1.48 bits per heavy atom. The second-order valence-corrected chi connectivity index (χ2v) is 5.38. The lowest BCUT2D eigenvalue weighted by molar-refractivity contribution is -0.187. The quantitative estimate of drug-likeness (QED) is 0.397. The first kappa shape index (κ1) is 16.4. The number of carbonyl (C=O) groups excluding carboxylic acids is 1. The molecule has 0 spiro atoms. The summed E-state index contributed by atoms with van der Waals surface area (Å²) in [6, 6.07) is 2.93. The number of aryl methyl sites for hydroxylation is 1. The highest BCUT2D eigenvalue weighted by atomic mass is 127. The normalized spacial score (nSPS) is 17.6. The third-order valence-electron chi connectivity index (χ3n) is 2.82. The van der Waals surface area contributed by atoms with Crippen LogP contribution in [0.15, 0.2) is 17.7 Å².